The fourth-order valence-corrected chi connectivity index (χ4v) is 1.67. The summed E-state index contributed by atoms with van der Waals surface area (Å²) in [5.74, 6) is 0. The summed E-state index contributed by atoms with van der Waals surface area (Å²) < 4.78 is 1.94. The zero-order valence-corrected chi connectivity index (χ0v) is 9.59. The number of nitrogens with two attached hydrogens (primary N) is 1. The van der Waals surface area contributed by atoms with Crippen molar-refractivity contribution in [2.24, 2.45) is 5.73 Å². The van der Waals surface area contributed by atoms with Crippen molar-refractivity contribution in [3.05, 3.63) is 16.9 Å². The molecule has 1 heterocycles. The van der Waals surface area contributed by atoms with Gasteiger partial charge in [-0.3, -0.25) is 4.68 Å². The Morgan fingerprint density at radius 3 is 2.86 bits per heavy atom. The molecule has 1 aromatic heterocycles. The molecule has 1 atom stereocenters. The largest absolute Gasteiger partial charge is 0.328 e. The second kappa shape index (κ2) is 5.37. The van der Waals surface area contributed by atoms with Gasteiger partial charge in [-0.25, -0.2) is 0 Å². The van der Waals surface area contributed by atoms with Crippen LogP contribution in [-0.4, -0.2) is 15.8 Å². The summed E-state index contributed by atoms with van der Waals surface area (Å²) in [4.78, 5) is 0. The minimum Gasteiger partial charge on any atom is -0.328 e. The molecule has 0 aliphatic rings. The molecule has 0 aromatic carbocycles. The summed E-state index contributed by atoms with van der Waals surface area (Å²) in [7, 11) is 0. The molecule has 0 amide bonds. The number of rotatable bonds is 5. The maximum atomic E-state index is 6.03. The molecule has 2 N–H and O–H groups in total. The summed E-state index contributed by atoms with van der Waals surface area (Å²) in [6.45, 7) is 5.03. The Hall–Kier alpha value is -0.540. The minimum absolute atomic E-state index is 0.270. The fraction of sp³-hybridized carbons (Fsp3) is 0.700. The smallest absolute Gasteiger partial charge is 0.0817 e. The van der Waals surface area contributed by atoms with Crippen molar-refractivity contribution in [1.29, 1.82) is 0 Å². The predicted octanol–water partition coefficient (Wildman–Crippen LogP) is 2.23. The highest BCUT2D eigenvalue weighted by Gasteiger charge is 2.09. The van der Waals surface area contributed by atoms with E-state index in [1.807, 2.05) is 4.68 Å². The van der Waals surface area contributed by atoms with Gasteiger partial charge in [0.05, 0.1) is 16.9 Å². The van der Waals surface area contributed by atoms with Gasteiger partial charge in [-0.05, 0) is 26.2 Å². The second-order valence-corrected chi connectivity index (χ2v) is 3.87. The van der Waals surface area contributed by atoms with Crippen LogP contribution in [0.1, 0.15) is 32.4 Å². The Kier molecular flexibility index (Phi) is 4.42. The first-order valence-corrected chi connectivity index (χ1v) is 5.52. The van der Waals surface area contributed by atoms with Crippen molar-refractivity contribution in [1.82, 2.24) is 9.78 Å². The van der Waals surface area contributed by atoms with Gasteiger partial charge in [-0.1, -0.05) is 18.5 Å². The lowest BCUT2D eigenvalue weighted by molar-refractivity contribution is 0.557. The second-order valence-electron chi connectivity index (χ2n) is 3.46. The van der Waals surface area contributed by atoms with Crippen LogP contribution in [0.25, 0.3) is 0 Å². The highest BCUT2D eigenvalue weighted by atomic mass is 35.5. The third kappa shape index (κ3) is 2.72. The molecular formula is C10H18ClN3. The summed E-state index contributed by atoms with van der Waals surface area (Å²) >= 11 is 6.03. The van der Waals surface area contributed by atoms with E-state index in [0.717, 1.165) is 36.5 Å². The van der Waals surface area contributed by atoms with E-state index >= 15 is 0 Å². The summed E-state index contributed by atoms with van der Waals surface area (Å²) in [6, 6.07) is 0.270. The normalized spacial score (nSPS) is 13.1. The first-order chi connectivity index (χ1) is 6.69. The third-order valence-electron chi connectivity index (χ3n) is 2.47. The van der Waals surface area contributed by atoms with Gasteiger partial charge in [-0.2, -0.15) is 5.10 Å². The highest BCUT2D eigenvalue weighted by Crippen LogP contribution is 2.17. The van der Waals surface area contributed by atoms with E-state index in [4.69, 9.17) is 17.3 Å². The van der Waals surface area contributed by atoms with E-state index in [0.29, 0.717) is 0 Å². The van der Waals surface area contributed by atoms with Crippen molar-refractivity contribution in [3.63, 3.8) is 0 Å². The zero-order valence-electron chi connectivity index (χ0n) is 8.83. The topological polar surface area (TPSA) is 43.8 Å². The SMILES string of the molecule is CCC(N)CCc1c(Cl)cnn1CC. The molecule has 0 spiro atoms. The van der Waals surface area contributed by atoms with Gasteiger partial charge in [0.1, 0.15) is 0 Å². The molecule has 4 heteroatoms. The van der Waals surface area contributed by atoms with Gasteiger partial charge in [0.25, 0.3) is 0 Å². The van der Waals surface area contributed by atoms with Gasteiger partial charge >= 0.3 is 0 Å². The average Bonchev–Trinajstić information content (AvgIpc) is 2.55. The number of aromatic nitrogens is 2. The van der Waals surface area contributed by atoms with Crippen molar-refractivity contribution >= 4 is 11.6 Å². The number of nitrogens with zero attached hydrogens (tertiary/aromatic N) is 2. The first kappa shape index (κ1) is 11.5. The van der Waals surface area contributed by atoms with Gasteiger partial charge in [0.15, 0.2) is 0 Å². The molecule has 1 aromatic rings. The van der Waals surface area contributed by atoms with Crippen molar-refractivity contribution in [2.75, 3.05) is 0 Å². The molecule has 1 rings (SSSR count). The lowest BCUT2D eigenvalue weighted by atomic mass is 10.1. The molecule has 14 heavy (non-hydrogen) atoms. The van der Waals surface area contributed by atoms with Gasteiger partial charge in [-0.15, -0.1) is 0 Å². The Bertz CT molecular complexity index is 283. The third-order valence-corrected chi connectivity index (χ3v) is 2.79. The van der Waals surface area contributed by atoms with Crippen LogP contribution in [0.15, 0.2) is 6.20 Å². The van der Waals surface area contributed by atoms with Crippen molar-refractivity contribution < 1.29 is 0 Å². The van der Waals surface area contributed by atoms with Gasteiger partial charge in [0.2, 0.25) is 0 Å². The van der Waals surface area contributed by atoms with E-state index in [1.165, 1.54) is 0 Å². The molecule has 0 aliphatic carbocycles. The van der Waals surface area contributed by atoms with Crippen LogP contribution < -0.4 is 5.73 Å². The standard InChI is InChI=1S/C10H18ClN3/c1-3-8(12)5-6-10-9(11)7-13-14(10)4-2/h7-8H,3-6,12H2,1-2H3. The first-order valence-electron chi connectivity index (χ1n) is 5.14. The van der Waals surface area contributed by atoms with Crippen molar-refractivity contribution in [3.8, 4) is 0 Å². The Morgan fingerprint density at radius 1 is 1.57 bits per heavy atom. The van der Waals surface area contributed by atoms with Gasteiger partial charge in [0, 0.05) is 12.6 Å². The Morgan fingerprint density at radius 2 is 2.29 bits per heavy atom. The zero-order chi connectivity index (χ0) is 10.6. The van der Waals surface area contributed by atoms with Crippen LogP contribution in [0.2, 0.25) is 5.02 Å². The van der Waals surface area contributed by atoms with Crippen LogP contribution in [0, 0.1) is 0 Å². The average molecular weight is 216 g/mol. The van der Waals surface area contributed by atoms with E-state index < -0.39 is 0 Å². The minimum atomic E-state index is 0.270. The molecule has 0 aliphatic heterocycles. The number of halogens is 1. The van der Waals surface area contributed by atoms with Crippen LogP contribution in [0.5, 0.6) is 0 Å². The summed E-state index contributed by atoms with van der Waals surface area (Å²) in [5, 5.41) is 4.94. The van der Waals surface area contributed by atoms with Gasteiger partial charge < -0.3 is 5.73 Å². The number of aryl methyl sites for hydroxylation is 1. The monoisotopic (exact) mass is 215 g/mol. The fourth-order valence-electron chi connectivity index (χ4n) is 1.44. The van der Waals surface area contributed by atoms with Crippen LogP contribution in [0.3, 0.4) is 0 Å². The van der Waals surface area contributed by atoms with E-state index in [-0.39, 0.29) is 6.04 Å². The van der Waals surface area contributed by atoms with Crippen LogP contribution in [-0.2, 0) is 13.0 Å². The van der Waals surface area contributed by atoms with E-state index in [1.54, 1.807) is 6.20 Å². The maximum absolute atomic E-state index is 6.03. The lowest BCUT2D eigenvalue weighted by Gasteiger charge is -2.09. The van der Waals surface area contributed by atoms with Crippen LogP contribution >= 0.6 is 11.6 Å². The van der Waals surface area contributed by atoms with E-state index in [9.17, 15) is 0 Å². The molecule has 0 saturated carbocycles. The summed E-state index contributed by atoms with van der Waals surface area (Å²) in [5.41, 5.74) is 6.97. The predicted molar refractivity (Wildman–Crippen MR) is 59.5 cm³/mol. The number of hydrogen-bond acceptors (Lipinski definition) is 2. The highest BCUT2D eigenvalue weighted by molar-refractivity contribution is 6.31. The molecule has 0 bridgehead atoms. The van der Waals surface area contributed by atoms with Crippen molar-refractivity contribution in [2.45, 2.75) is 45.7 Å². The molecule has 0 saturated heterocycles. The molecule has 80 valence electrons. The number of hydrogen-bond donors (Lipinski definition) is 1. The quantitative estimate of drug-likeness (QED) is 0.819. The molecule has 3 nitrogen and oxygen atoms in total. The molecule has 0 fully saturated rings. The Balaban J connectivity index is 2.60. The van der Waals surface area contributed by atoms with Crippen LogP contribution in [0.4, 0.5) is 0 Å². The lowest BCUT2D eigenvalue weighted by Crippen LogP contribution is -2.20. The Labute approximate surface area is 90.2 Å². The maximum Gasteiger partial charge on any atom is 0.0817 e. The molecular weight excluding hydrogens is 198 g/mol. The van der Waals surface area contributed by atoms with E-state index in [2.05, 4.69) is 18.9 Å². The summed E-state index contributed by atoms with van der Waals surface area (Å²) in [6.07, 6.45) is 4.61. The molecule has 0 radical (unpaired) electrons. The molecule has 1 unspecified atom stereocenters.